The van der Waals surface area contributed by atoms with E-state index in [1.807, 2.05) is 11.3 Å². The molecule has 55 heavy (non-hydrogen) atoms. The van der Waals surface area contributed by atoms with Gasteiger partial charge in [0, 0.05) is 32.0 Å². The molecule has 2 nitrogen and oxygen atoms in total. The van der Waals surface area contributed by atoms with Crippen molar-refractivity contribution in [2.24, 2.45) is 0 Å². The van der Waals surface area contributed by atoms with Gasteiger partial charge in [-0.15, -0.1) is 22.7 Å². The average Bonchev–Trinajstić information content (AvgIpc) is 3.85. The molecule has 0 amide bonds. The third-order valence-corrected chi connectivity index (χ3v) is 13.0. The number of hydrogen-bond donors (Lipinski definition) is 0. The van der Waals surface area contributed by atoms with Crippen molar-refractivity contribution in [2.75, 3.05) is 4.90 Å². The van der Waals surface area contributed by atoms with E-state index in [1.54, 1.807) is 11.3 Å². The molecule has 0 fully saturated rings. The molecule has 0 bridgehead atoms. The SMILES string of the molecule is c1ccc(-c2nc3cc4c(cc3s2)sc2c(N(c3ccccc3-c3ccccc3)c3ccc(-c5cccc6ccccc56)c5ccccc35)cccc24)cc1. The fourth-order valence-electron chi connectivity index (χ4n) is 8.18. The van der Waals surface area contributed by atoms with Crippen molar-refractivity contribution in [3.63, 3.8) is 0 Å². The Kier molecular flexibility index (Phi) is 7.58. The van der Waals surface area contributed by atoms with Crippen LogP contribution in [0, 0.1) is 0 Å². The van der Waals surface area contributed by atoms with Crippen molar-refractivity contribution in [1.82, 2.24) is 4.98 Å². The number of nitrogens with zero attached hydrogens (tertiary/aromatic N) is 2. The van der Waals surface area contributed by atoms with Crippen LogP contribution in [0.25, 0.3) is 84.8 Å². The molecule has 0 N–H and O–H groups in total. The molecule has 0 unspecified atom stereocenters. The summed E-state index contributed by atoms with van der Waals surface area (Å²) >= 11 is 3.64. The number of rotatable bonds is 6. The van der Waals surface area contributed by atoms with E-state index in [9.17, 15) is 0 Å². The Bertz CT molecular complexity index is 3210. The summed E-state index contributed by atoms with van der Waals surface area (Å²) in [5.74, 6) is 0. The summed E-state index contributed by atoms with van der Waals surface area (Å²) < 4.78 is 3.73. The van der Waals surface area contributed by atoms with Crippen LogP contribution >= 0.6 is 22.7 Å². The van der Waals surface area contributed by atoms with Gasteiger partial charge in [-0.2, -0.15) is 0 Å². The largest absolute Gasteiger partial charge is 0.308 e. The maximum atomic E-state index is 5.12. The fourth-order valence-corrected chi connectivity index (χ4v) is 10.5. The Balaban J connectivity index is 1.17. The zero-order valence-corrected chi connectivity index (χ0v) is 31.3. The van der Waals surface area contributed by atoms with Crippen LogP contribution < -0.4 is 4.90 Å². The highest BCUT2D eigenvalue weighted by Crippen LogP contribution is 2.50. The molecule has 0 saturated carbocycles. The Morgan fingerprint density at radius 3 is 1.84 bits per heavy atom. The van der Waals surface area contributed by atoms with Crippen molar-refractivity contribution in [1.29, 1.82) is 0 Å². The van der Waals surface area contributed by atoms with E-state index >= 15 is 0 Å². The van der Waals surface area contributed by atoms with Crippen LogP contribution in [0.2, 0.25) is 0 Å². The number of aromatic nitrogens is 1. The lowest BCUT2D eigenvalue weighted by molar-refractivity contribution is 1.32. The molecule has 258 valence electrons. The molecule has 0 spiro atoms. The third-order valence-electron chi connectivity index (χ3n) is 10.7. The van der Waals surface area contributed by atoms with Gasteiger partial charge >= 0.3 is 0 Å². The molecule has 9 aromatic carbocycles. The van der Waals surface area contributed by atoms with Gasteiger partial charge in [-0.1, -0.05) is 164 Å². The maximum Gasteiger partial charge on any atom is 0.124 e. The van der Waals surface area contributed by atoms with E-state index in [0.29, 0.717) is 0 Å². The second-order valence-electron chi connectivity index (χ2n) is 13.9. The number of hydrogen-bond acceptors (Lipinski definition) is 4. The quantitative estimate of drug-likeness (QED) is 0.169. The highest BCUT2D eigenvalue weighted by molar-refractivity contribution is 7.27. The second kappa shape index (κ2) is 13.1. The molecular formula is C51H32N2S2. The smallest absolute Gasteiger partial charge is 0.124 e. The number of para-hydroxylation sites is 1. The lowest BCUT2D eigenvalue weighted by Gasteiger charge is -2.30. The van der Waals surface area contributed by atoms with Crippen molar-refractivity contribution in [3.8, 4) is 32.8 Å². The lowest BCUT2D eigenvalue weighted by Crippen LogP contribution is -2.12. The minimum atomic E-state index is 1.04. The van der Waals surface area contributed by atoms with Crippen molar-refractivity contribution in [3.05, 3.63) is 194 Å². The Labute approximate surface area is 326 Å². The molecule has 0 saturated heterocycles. The third kappa shape index (κ3) is 5.33. The minimum absolute atomic E-state index is 1.04. The molecule has 4 heteroatoms. The summed E-state index contributed by atoms with van der Waals surface area (Å²) in [6.07, 6.45) is 0. The molecule has 0 aliphatic rings. The first-order chi connectivity index (χ1) is 27.3. The molecular weight excluding hydrogens is 705 g/mol. The lowest BCUT2D eigenvalue weighted by atomic mass is 9.92. The molecule has 2 heterocycles. The van der Waals surface area contributed by atoms with E-state index in [-0.39, 0.29) is 0 Å². The predicted molar refractivity (Wildman–Crippen MR) is 239 cm³/mol. The van der Waals surface area contributed by atoms with E-state index < -0.39 is 0 Å². The summed E-state index contributed by atoms with van der Waals surface area (Å²) in [5.41, 5.74) is 10.5. The van der Waals surface area contributed by atoms with Crippen LogP contribution in [-0.4, -0.2) is 4.98 Å². The van der Waals surface area contributed by atoms with E-state index in [1.165, 1.54) is 68.7 Å². The van der Waals surface area contributed by atoms with Gasteiger partial charge in [-0.25, -0.2) is 4.98 Å². The van der Waals surface area contributed by atoms with Gasteiger partial charge in [0.15, 0.2) is 0 Å². The summed E-state index contributed by atoms with van der Waals surface area (Å²) in [6.45, 7) is 0. The van der Waals surface area contributed by atoms with Crippen LogP contribution in [-0.2, 0) is 0 Å². The standard InChI is InChI=1S/C51H32N2S2/c1-3-15-34(16-4-1)37-22-11-12-27-45(37)53(46-30-29-40(39-23-9-10-24-41(39)46)38-25-13-20-33-17-7-8-21-36(33)38)47-28-14-26-42-43-31-44-49(32-48(43)54-50(42)47)55-51(52-44)35-18-5-2-6-19-35/h1-32H. The monoisotopic (exact) mass is 736 g/mol. The number of benzene rings is 9. The summed E-state index contributed by atoms with van der Waals surface area (Å²) in [6, 6.07) is 70.4. The summed E-state index contributed by atoms with van der Waals surface area (Å²) in [5, 5.41) is 8.47. The Morgan fingerprint density at radius 1 is 0.364 bits per heavy atom. The van der Waals surface area contributed by atoms with Gasteiger partial charge in [0.25, 0.3) is 0 Å². The average molecular weight is 737 g/mol. The Hall–Kier alpha value is -6.59. The van der Waals surface area contributed by atoms with Crippen LogP contribution in [0.4, 0.5) is 17.1 Å². The number of fused-ring (bicyclic) bond motifs is 6. The van der Waals surface area contributed by atoms with Gasteiger partial charge in [-0.3, -0.25) is 0 Å². The van der Waals surface area contributed by atoms with Crippen LogP contribution in [0.5, 0.6) is 0 Å². The van der Waals surface area contributed by atoms with Gasteiger partial charge in [-0.05, 0) is 63.2 Å². The van der Waals surface area contributed by atoms with Gasteiger partial charge in [0.2, 0.25) is 0 Å². The zero-order valence-electron chi connectivity index (χ0n) is 29.7. The minimum Gasteiger partial charge on any atom is -0.308 e. The highest BCUT2D eigenvalue weighted by Gasteiger charge is 2.24. The number of thiophene rings is 1. The van der Waals surface area contributed by atoms with Gasteiger partial charge < -0.3 is 4.90 Å². The number of anilines is 3. The van der Waals surface area contributed by atoms with E-state index in [0.717, 1.165) is 33.1 Å². The molecule has 0 aliphatic heterocycles. The molecule has 2 aromatic heterocycles. The van der Waals surface area contributed by atoms with Crippen LogP contribution in [0.15, 0.2) is 194 Å². The van der Waals surface area contributed by atoms with E-state index in [4.69, 9.17) is 4.98 Å². The second-order valence-corrected chi connectivity index (χ2v) is 16.0. The van der Waals surface area contributed by atoms with Crippen molar-refractivity contribution in [2.45, 2.75) is 0 Å². The molecule has 11 rings (SSSR count). The first kappa shape index (κ1) is 31.9. The van der Waals surface area contributed by atoms with Gasteiger partial charge in [0.05, 0.1) is 32.0 Å². The summed E-state index contributed by atoms with van der Waals surface area (Å²) in [4.78, 5) is 7.62. The van der Waals surface area contributed by atoms with Gasteiger partial charge in [0.1, 0.15) is 5.01 Å². The normalized spacial score (nSPS) is 11.6. The Morgan fingerprint density at radius 2 is 0.982 bits per heavy atom. The fraction of sp³-hybridized carbons (Fsp3) is 0. The predicted octanol–water partition coefficient (Wildman–Crippen LogP) is 15.4. The zero-order chi connectivity index (χ0) is 36.3. The molecule has 0 atom stereocenters. The van der Waals surface area contributed by atoms with Crippen LogP contribution in [0.3, 0.4) is 0 Å². The first-order valence-electron chi connectivity index (χ1n) is 18.5. The van der Waals surface area contributed by atoms with Crippen molar-refractivity contribution >= 4 is 91.7 Å². The topological polar surface area (TPSA) is 16.1 Å². The first-order valence-corrected chi connectivity index (χ1v) is 20.2. The number of thiazole rings is 1. The summed E-state index contributed by atoms with van der Waals surface area (Å²) in [7, 11) is 0. The molecule has 0 aliphatic carbocycles. The van der Waals surface area contributed by atoms with Crippen LogP contribution in [0.1, 0.15) is 0 Å². The maximum absolute atomic E-state index is 5.12. The van der Waals surface area contributed by atoms with Crippen molar-refractivity contribution < 1.29 is 0 Å². The molecule has 11 aromatic rings. The van der Waals surface area contributed by atoms with E-state index in [2.05, 4.69) is 199 Å². The highest BCUT2D eigenvalue weighted by atomic mass is 32.1. The molecule has 0 radical (unpaired) electrons.